The summed E-state index contributed by atoms with van der Waals surface area (Å²) < 4.78 is 15.0. The molecule has 0 saturated heterocycles. The number of allylic oxidation sites excluding steroid dienone is 3. The largest absolute Gasteiger partial charge is 0.478 e. The molecule has 1 aliphatic carbocycles. The Morgan fingerprint density at radius 2 is 1.64 bits per heavy atom. The summed E-state index contributed by atoms with van der Waals surface area (Å²) in [5.41, 5.74) is 1.76. The van der Waals surface area contributed by atoms with Gasteiger partial charge in [0, 0.05) is 13.8 Å². The van der Waals surface area contributed by atoms with Crippen molar-refractivity contribution in [2.24, 2.45) is 5.41 Å². The van der Waals surface area contributed by atoms with Crippen LogP contribution < -0.4 is 0 Å². The Morgan fingerprint density at radius 1 is 1.11 bits per heavy atom. The summed E-state index contributed by atoms with van der Waals surface area (Å²) in [6, 6.07) is 0. The number of carbonyl (C=O) groups excluding carboxylic acids is 3. The molecule has 0 heterocycles. The van der Waals surface area contributed by atoms with Crippen LogP contribution in [-0.4, -0.2) is 47.3 Å². The summed E-state index contributed by atoms with van der Waals surface area (Å²) in [6.45, 7) is 9.92. The number of carboxylic acids is 1. The average Bonchev–Trinajstić information content (AvgIpc) is 2.56. The molecule has 3 atom stereocenters. The standard InChI is InChI=1S/C20H28O8/c1-7-8-14-11(2)15(9-10-20(14,5)6)28-19(25)17(27-13(4)22)16(18(23)24)26-12(3)21/h7-8,15-17H,9-10H2,1-6H3,(H,23,24)/b8-7+. The van der Waals surface area contributed by atoms with Crippen molar-refractivity contribution in [1.29, 1.82) is 0 Å². The van der Waals surface area contributed by atoms with Gasteiger partial charge in [-0.15, -0.1) is 0 Å². The lowest BCUT2D eigenvalue weighted by atomic mass is 9.71. The van der Waals surface area contributed by atoms with Crippen LogP contribution in [0.15, 0.2) is 23.3 Å². The van der Waals surface area contributed by atoms with E-state index in [1.807, 2.05) is 26.0 Å². The Balaban J connectivity index is 3.17. The molecule has 0 aromatic rings. The molecule has 0 radical (unpaired) electrons. The molecule has 1 N–H and O–H groups in total. The van der Waals surface area contributed by atoms with Gasteiger partial charge in [0.15, 0.2) is 0 Å². The van der Waals surface area contributed by atoms with Crippen molar-refractivity contribution in [2.75, 3.05) is 0 Å². The summed E-state index contributed by atoms with van der Waals surface area (Å²) in [5.74, 6) is -4.52. The van der Waals surface area contributed by atoms with Gasteiger partial charge in [-0.1, -0.05) is 26.0 Å². The highest BCUT2D eigenvalue weighted by molar-refractivity contribution is 5.88. The van der Waals surface area contributed by atoms with E-state index in [9.17, 15) is 24.3 Å². The molecule has 0 saturated carbocycles. The SMILES string of the molecule is C/C=C/C1=C(C)C(OC(=O)C(OC(C)=O)C(OC(C)=O)C(=O)O)CCC1(C)C. The highest BCUT2D eigenvalue weighted by Crippen LogP contribution is 2.42. The van der Waals surface area contributed by atoms with Crippen molar-refractivity contribution in [3.63, 3.8) is 0 Å². The second kappa shape index (κ2) is 9.52. The van der Waals surface area contributed by atoms with E-state index in [0.717, 1.165) is 31.4 Å². The van der Waals surface area contributed by atoms with Crippen LogP contribution in [0.3, 0.4) is 0 Å². The van der Waals surface area contributed by atoms with Crippen LogP contribution in [0.4, 0.5) is 0 Å². The quantitative estimate of drug-likeness (QED) is 0.515. The minimum absolute atomic E-state index is 0.101. The third kappa shape index (κ3) is 5.94. The number of carboxylic acid groups (broad SMARTS) is 1. The van der Waals surface area contributed by atoms with Crippen molar-refractivity contribution in [2.45, 2.75) is 72.7 Å². The van der Waals surface area contributed by atoms with Crippen molar-refractivity contribution in [1.82, 2.24) is 0 Å². The Bertz CT molecular complexity index is 701. The van der Waals surface area contributed by atoms with Crippen LogP contribution in [0.5, 0.6) is 0 Å². The van der Waals surface area contributed by atoms with E-state index in [2.05, 4.69) is 18.6 Å². The smallest absolute Gasteiger partial charge is 0.352 e. The van der Waals surface area contributed by atoms with E-state index < -0.39 is 42.2 Å². The predicted octanol–water partition coefficient (Wildman–Crippen LogP) is 2.56. The zero-order valence-corrected chi connectivity index (χ0v) is 17.1. The van der Waals surface area contributed by atoms with Crippen molar-refractivity contribution >= 4 is 23.9 Å². The minimum atomic E-state index is -1.99. The summed E-state index contributed by atoms with van der Waals surface area (Å²) in [6.07, 6.45) is 0.637. The maximum absolute atomic E-state index is 12.7. The number of ether oxygens (including phenoxy) is 3. The molecule has 1 rings (SSSR count). The number of esters is 3. The maximum atomic E-state index is 12.7. The highest BCUT2D eigenvalue weighted by Gasteiger charge is 2.43. The summed E-state index contributed by atoms with van der Waals surface area (Å²) in [4.78, 5) is 46.7. The van der Waals surface area contributed by atoms with Gasteiger partial charge >= 0.3 is 23.9 Å². The first-order valence-corrected chi connectivity index (χ1v) is 9.02. The fourth-order valence-electron chi connectivity index (χ4n) is 3.26. The summed E-state index contributed by atoms with van der Waals surface area (Å²) in [5, 5.41) is 9.30. The van der Waals surface area contributed by atoms with Gasteiger partial charge in [-0.05, 0) is 43.3 Å². The minimum Gasteiger partial charge on any atom is -0.478 e. The van der Waals surface area contributed by atoms with Crippen LogP contribution in [-0.2, 0) is 33.4 Å². The first-order chi connectivity index (χ1) is 12.9. The maximum Gasteiger partial charge on any atom is 0.352 e. The number of rotatable bonds is 7. The van der Waals surface area contributed by atoms with E-state index in [1.165, 1.54) is 0 Å². The normalized spacial score (nSPS) is 21.0. The monoisotopic (exact) mass is 396 g/mol. The number of hydrogen-bond acceptors (Lipinski definition) is 7. The molecule has 8 heteroatoms. The molecule has 28 heavy (non-hydrogen) atoms. The van der Waals surface area contributed by atoms with E-state index in [1.54, 1.807) is 0 Å². The summed E-state index contributed by atoms with van der Waals surface area (Å²) in [7, 11) is 0. The molecule has 0 fully saturated rings. The fourth-order valence-corrected chi connectivity index (χ4v) is 3.26. The number of hydrogen-bond donors (Lipinski definition) is 1. The van der Waals surface area contributed by atoms with Crippen molar-refractivity contribution in [3.05, 3.63) is 23.3 Å². The molecule has 0 spiro atoms. The van der Waals surface area contributed by atoms with Gasteiger partial charge in [0.1, 0.15) is 6.10 Å². The van der Waals surface area contributed by atoms with Gasteiger partial charge in [0.05, 0.1) is 0 Å². The van der Waals surface area contributed by atoms with Gasteiger partial charge in [-0.3, -0.25) is 9.59 Å². The zero-order valence-electron chi connectivity index (χ0n) is 17.1. The molecular formula is C20H28O8. The average molecular weight is 396 g/mol. The fraction of sp³-hybridized carbons (Fsp3) is 0.600. The lowest BCUT2D eigenvalue weighted by molar-refractivity contribution is -0.190. The van der Waals surface area contributed by atoms with Crippen molar-refractivity contribution < 1.29 is 38.5 Å². The molecule has 156 valence electrons. The first-order valence-electron chi connectivity index (χ1n) is 9.02. The van der Waals surface area contributed by atoms with Gasteiger partial charge < -0.3 is 19.3 Å². The molecule has 0 bridgehead atoms. The second-order valence-electron chi connectivity index (χ2n) is 7.34. The van der Waals surface area contributed by atoms with Crippen LogP contribution in [0.2, 0.25) is 0 Å². The number of aliphatic carboxylic acids is 1. The van der Waals surface area contributed by atoms with Crippen LogP contribution >= 0.6 is 0 Å². The third-order valence-corrected chi connectivity index (χ3v) is 4.60. The van der Waals surface area contributed by atoms with Crippen LogP contribution in [0, 0.1) is 5.41 Å². The molecular weight excluding hydrogens is 368 g/mol. The van der Waals surface area contributed by atoms with Gasteiger partial charge in [0.2, 0.25) is 12.2 Å². The Labute approximate surface area is 164 Å². The van der Waals surface area contributed by atoms with E-state index in [4.69, 9.17) is 9.47 Å². The van der Waals surface area contributed by atoms with Gasteiger partial charge in [0.25, 0.3) is 0 Å². The molecule has 0 aromatic carbocycles. The van der Waals surface area contributed by atoms with Crippen LogP contribution in [0.1, 0.15) is 54.4 Å². The number of carbonyl (C=O) groups is 4. The van der Waals surface area contributed by atoms with E-state index in [-0.39, 0.29) is 5.41 Å². The summed E-state index contributed by atoms with van der Waals surface area (Å²) >= 11 is 0. The first kappa shape index (κ1) is 23.4. The highest BCUT2D eigenvalue weighted by atomic mass is 16.6. The van der Waals surface area contributed by atoms with Crippen molar-refractivity contribution in [3.8, 4) is 0 Å². The van der Waals surface area contributed by atoms with Gasteiger partial charge in [-0.25, -0.2) is 9.59 Å². The molecule has 0 aliphatic heterocycles. The third-order valence-electron chi connectivity index (χ3n) is 4.60. The van der Waals surface area contributed by atoms with Crippen LogP contribution in [0.25, 0.3) is 0 Å². The lowest BCUT2D eigenvalue weighted by Gasteiger charge is -2.37. The zero-order chi connectivity index (χ0) is 21.6. The second-order valence-corrected chi connectivity index (χ2v) is 7.34. The molecule has 8 nitrogen and oxygen atoms in total. The van der Waals surface area contributed by atoms with E-state index in [0.29, 0.717) is 6.42 Å². The topological polar surface area (TPSA) is 116 Å². The molecule has 3 unspecified atom stereocenters. The molecule has 1 aliphatic rings. The lowest BCUT2D eigenvalue weighted by Crippen LogP contribution is -2.47. The molecule has 0 aromatic heterocycles. The van der Waals surface area contributed by atoms with Gasteiger partial charge in [-0.2, -0.15) is 0 Å². The Hall–Kier alpha value is -2.64. The Kier molecular flexibility index (Phi) is 7.96. The Morgan fingerprint density at radius 3 is 2.11 bits per heavy atom. The van der Waals surface area contributed by atoms with E-state index >= 15 is 0 Å². The molecule has 0 amide bonds. The predicted molar refractivity (Wildman–Crippen MR) is 99.2 cm³/mol.